The molecule has 0 radical (unpaired) electrons. The summed E-state index contributed by atoms with van der Waals surface area (Å²) >= 11 is 5.67. The Morgan fingerprint density at radius 2 is 2.50 bits per heavy atom. The molecule has 0 bridgehead atoms. The first-order valence-corrected chi connectivity index (χ1v) is 5.44. The van der Waals surface area contributed by atoms with Crippen LogP contribution in [0.2, 0.25) is 0 Å². The van der Waals surface area contributed by atoms with E-state index in [0.29, 0.717) is 4.83 Å². The molecule has 0 nitrogen and oxygen atoms in total. The molecule has 0 amide bonds. The summed E-state index contributed by atoms with van der Waals surface area (Å²) in [5, 5.41) is 0. The van der Waals surface area contributed by atoms with Gasteiger partial charge < -0.3 is 0 Å². The zero-order valence-corrected chi connectivity index (χ0v) is 8.04. The minimum absolute atomic E-state index is 0.629. The van der Waals surface area contributed by atoms with E-state index in [1.165, 1.54) is 24.2 Å². The molecule has 0 aromatic carbocycles. The van der Waals surface area contributed by atoms with Crippen LogP contribution in [0.25, 0.3) is 0 Å². The summed E-state index contributed by atoms with van der Waals surface area (Å²) in [7, 11) is 0. The van der Waals surface area contributed by atoms with Gasteiger partial charge in [-0.1, -0.05) is 28.1 Å². The van der Waals surface area contributed by atoms with Gasteiger partial charge in [0, 0.05) is 10.6 Å². The van der Waals surface area contributed by atoms with Gasteiger partial charge in [0.1, 0.15) is 0 Å². The Morgan fingerprint density at radius 3 is 3.30 bits per heavy atom. The van der Waals surface area contributed by atoms with Crippen LogP contribution >= 0.6 is 27.7 Å². The Morgan fingerprint density at radius 1 is 1.60 bits per heavy atom. The maximum absolute atomic E-state index is 3.65. The number of allylic oxidation sites excluding steroid dienone is 4. The van der Waals surface area contributed by atoms with Crippen LogP contribution in [0.5, 0.6) is 0 Å². The molecule has 0 spiro atoms. The van der Waals surface area contributed by atoms with Crippen molar-refractivity contribution in [3.8, 4) is 0 Å². The highest BCUT2D eigenvalue weighted by atomic mass is 79.9. The third kappa shape index (κ3) is 1.08. The number of halogens is 1. The van der Waals surface area contributed by atoms with Crippen molar-refractivity contribution < 1.29 is 0 Å². The van der Waals surface area contributed by atoms with Gasteiger partial charge in [-0.25, -0.2) is 0 Å². The van der Waals surface area contributed by atoms with E-state index in [1.54, 1.807) is 4.91 Å². The molecule has 1 aliphatic carbocycles. The van der Waals surface area contributed by atoms with Crippen LogP contribution in [0.15, 0.2) is 22.6 Å². The molecular formula is C8H9BrS. The van der Waals surface area contributed by atoms with Crippen LogP contribution in [0.4, 0.5) is 0 Å². The third-order valence-electron chi connectivity index (χ3n) is 1.90. The lowest BCUT2D eigenvalue weighted by Gasteiger charge is -2.07. The minimum Gasteiger partial charge on any atom is -0.129 e. The molecule has 0 fully saturated rings. The summed E-state index contributed by atoms with van der Waals surface area (Å²) < 4.78 is 0. The van der Waals surface area contributed by atoms with Gasteiger partial charge in [-0.15, -0.1) is 11.8 Å². The van der Waals surface area contributed by atoms with Gasteiger partial charge in [-0.2, -0.15) is 0 Å². The highest BCUT2D eigenvalue weighted by Crippen LogP contribution is 2.40. The lowest BCUT2D eigenvalue weighted by atomic mass is 10.1. The van der Waals surface area contributed by atoms with E-state index in [9.17, 15) is 0 Å². The van der Waals surface area contributed by atoms with Gasteiger partial charge >= 0.3 is 0 Å². The SMILES string of the molecule is BrC1CSC2=C1C=CCC2. The van der Waals surface area contributed by atoms with Crippen LogP contribution in [-0.2, 0) is 0 Å². The molecule has 2 aliphatic rings. The highest BCUT2D eigenvalue weighted by molar-refractivity contribution is 9.09. The molecule has 1 unspecified atom stereocenters. The first-order chi connectivity index (χ1) is 4.88. The number of rotatable bonds is 0. The molecule has 0 N–H and O–H groups in total. The maximum atomic E-state index is 3.65. The third-order valence-corrected chi connectivity index (χ3v) is 4.43. The van der Waals surface area contributed by atoms with Gasteiger partial charge in [-0.05, 0) is 23.3 Å². The lowest BCUT2D eigenvalue weighted by molar-refractivity contribution is 0.995. The lowest BCUT2D eigenvalue weighted by Crippen LogP contribution is -1.98. The van der Waals surface area contributed by atoms with E-state index in [2.05, 4.69) is 28.1 Å². The van der Waals surface area contributed by atoms with Crippen molar-refractivity contribution in [2.45, 2.75) is 17.7 Å². The number of alkyl halides is 1. The predicted molar refractivity (Wildman–Crippen MR) is 50.6 cm³/mol. The molecule has 1 heterocycles. The average molecular weight is 217 g/mol. The van der Waals surface area contributed by atoms with E-state index < -0.39 is 0 Å². The fourth-order valence-electron chi connectivity index (χ4n) is 1.36. The first-order valence-electron chi connectivity index (χ1n) is 3.54. The Hall–Kier alpha value is 0.310. The average Bonchev–Trinajstić information content (AvgIpc) is 2.34. The maximum Gasteiger partial charge on any atom is 0.0496 e. The Bertz CT molecular complexity index is 205. The second-order valence-electron chi connectivity index (χ2n) is 2.60. The van der Waals surface area contributed by atoms with Crippen LogP contribution in [0.3, 0.4) is 0 Å². The number of thioether (sulfide) groups is 1. The number of hydrogen-bond acceptors (Lipinski definition) is 1. The second kappa shape index (κ2) is 2.74. The molecule has 10 heavy (non-hydrogen) atoms. The Labute approximate surface area is 73.9 Å². The predicted octanol–water partition coefficient (Wildman–Crippen LogP) is 3.10. The van der Waals surface area contributed by atoms with Gasteiger partial charge in [-0.3, -0.25) is 0 Å². The number of hydrogen-bond donors (Lipinski definition) is 0. The fraction of sp³-hybridized carbons (Fsp3) is 0.500. The summed E-state index contributed by atoms with van der Waals surface area (Å²) in [6, 6.07) is 0. The topological polar surface area (TPSA) is 0 Å². The van der Waals surface area contributed by atoms with Crippen LogP contribution < -0.4 is 0 Å². The molecule has 2 heteroatoms. The monoisotopic (exact) mass is 216 g/mol. The molecule has 1 atom stereocenters. The molecule has 1 aliphatic heterocycles. The molecule has 0 saturated heterocycles. The van der Waals surface area contributed by atoms with Gasteiger partial charge in [0.25, 0.3) is 0 Å². The van der Waals surface area contributed by atoms with Gasteiger partial charge in [0.05, 0.1) is 0 Å². The summed E-state index contributed by atoms with van der Waals surface area (Å²) in [4.78, 5) is 2.24. The van der Waals surface area contributed by atoms with Crippen LogP contribution in [0.1, 0.15) is 12.8 Å². The van der Waals surface area contributed by atoms with Crippen LogP contribution in [0, 0.1) is 0 Å². The zero-order valence-electron chi connectivity index (χ0n) is 5.64. The summed E-state index contributed by atoms with van der Waals surface area (Å²) in [6.07, 6.45) is 7.07. The zero-order chi connectivity index (χ0) is 6.97. The normalized spacial score (nSPS) is 31.1. The van der Waals surface area contributed by atoms with Crippen molar-refractivity contribution in [2.24, 2.45) is 0 Å². The van der Waals surface area contributed by atoms with Crippen LogP contribution in [-0.4, -0.2) is 10.6 Å². The molecule has 0 aromatic heterocycles. The Balaban J connectivity index is 2.30. The van der Waals surface area contributed by atoms with E-state index in [0.717, 1.165) is 0 Å². The molecule has 0 saturated carbocycles. The van der Waals surface area contributed by atoms with Gasteiger partial charge in [0.2, 0.25) is 0 Å². The van der Waals surface area contributed by atoms with Crippen molar-refractivity contribution in [3.05, 3.63) is 22.6 Å². The second-order valence-corrected chi connectivity index (χ2v) is 4.82. The van der Waals surface area contributed by atoms with E-state index in [-0.39, 0.29) is 0 Å². The van der Waals surface area contributed by atoms with Crippen molar-refractivity contribution >= 4 is 27.7 Å². The smallest absolute Gasteiger partial charge is 0.0496 e. The highest BCUT2D eigenvalue weighted by Gasteiger charge is 2.22. The Kier molecular flexibility index (Phi) is 1.92. The minimum atomic E-state index is 0.629. The quantitative estimate of drug-likeness (QED) is 0.562. The van der Waals surface area contributed by atoms with Crippen molar-refractivity contribution in [3.63, 3.8) is 0 Å². The van der Waals surface area contributed by atoms with E-state index in [1.807, 2.05) is 11.8 Å². The summed E-state index contributed by atoms with van der Waals surface area (Å²) in [5.74, 6) is 1.23. The summed E-state index contributed by atoms with van der Waals surface area (Å²) in [5.41, 5.74) is 1.54. The van der Waals surface area contributed by atoms with Gasteiger partial charge in [0.15, 0.2) is 0 Å². The first kappa shape index (κ1) is 6.99. The largest absolute Gasteiger partial charge is 0.129 e. The standard InChI is InChI=1S/C8H9BrS/c9-7-5-10-8-4-2-1-3-6(7)8/h1,3,7H,2,4-5H2. The van der Waals surface area contributed by atoms with E-state index >= 15 is 0 Å². The van der Waals surface area contributed by atoms with Crippen molar-refractivity contribution in [2.75, 3.05) is 5.75 Å². The molecule has 2 rings (SSSR count). The molecule has 54 valence electrons. The molecular weight excluding hydrogens is 208 g/mol. The van der Waals surface area contributed by atoms with E-state index in [4.69, 9.17) is 0 Å². The van der Waals surface area contributed by atoms with Crippen molar-refractivity contribution in [1.29, 1.82) is 0 Å². The fourth-order valence-corrected chi connectivity index (χ4v) is 3.50. The summed E-state index contributed by atoms with van der Waals surface area (Å²) in [6.45, 7) is 0. The molecule has 0 aromatic rings. The van der Waals surface area contributed by atoms with Crippen molar-refractivity contribution in [1.82, 2.24) is 0 Å².